The van der Waals surface area contributed by atoms with Gasteiger partial charge in [0.25, 0.3) is 0 Å². The van der Waals surface area contributed by atoms with Crippen LogP contribution in [-0.2, 0) is 15.0 Å². The van der Waals surface area contributed by atoms with Gasteiger partial charge in [-0.15, -0.1) is 0 Å². The van der Waals surface area contributed by atoms with E-state index in [4.69, 9.17) is 0 Å². The summed E-state index contributed by atoms with van der Waals surface area (Å²) in [5.74, 6) is 0.142. The third kappa shape index (κ3) is 1.94. The van der Waals surface area contributed by atoms with Gasteiger partial charge in [0.1, 0.15) is 11.2 Å². The third-order valence-corrected chi connectivity index (χ3v) is 5.54. The molecular formula is C19H13BrN4O2. The number of carbonyl (C=O) groups is 2. The second kappa shape index (κ2) is 5.28. The van der Waals surface area contributed by atoms with Gasteiger partial charge < -0.3 is 10.6 Å². The molecule has 2 aliphatic heterocycles. The van der Waals surface area contributed by atoms with Crippen molar-refractivity contribution in [2.45, 2.75) is 11.8 Å². The van der Waals surface area contributed by atoms with Crippen LogP contribution in [0.5, 0.6) is 0 Å². The first-order chi connectivity index (χ1) is 12.6. The zero-order valence-corrected chi connectivity index (χ0v) is 15.1. The number of anilines is 2. The van der Waals surface area contributed by atoms with Gasteiger partial charge in [-0.05, 0) is 35.9 Å². The zero-order valence-electron chi connectivity index (χ0n) is 13.5. The summed E-state index contributed by atoms with van der Waals surface area (Å²) < 4.78 is 2.61. The molecule has 2 aliphatic rings. The number of nitrogens with one attached hydrogen (secondary N) is 2. The van der Waals surface area contributed by atoms with Gasteiger partial charge in [-0.3, -0.25) is 9.59 Å². The molecule has 1 aromatic heterocycles. The molecule has 0 fully saturated rings. The summed E-state index contributed by atoms with van der Waals surface area (Å²) in [5, 5.41) is 10.3. The minimum atomic E-state index is -1.04. The molecule has 5 rings (SSSR count). The number of benzene rings is 2. The molecule has 2 aromatic carbocycles. The highest BCUT2D eigenvalue weighted by molar-refractivity contribution is 9.10. The molecule has 128 valence electrons. The summed E-state index contributed by atoms with van der Waals surface area (Å²) in [6.45, 7) is 0. The Hall–Kier alpha value is -2.93. The lowest BCUT2D eigenvalue weighted by molar-refractivity contribution is -0.125. The lowest BCUT2D eigenvalue weighted by atomic mass is 9.72. The summed E-state index contributed by atoms with van der Waals surface area (Å²) in [5.41, 5.74) is 2.04. The molecule has 6 nitrogen and oxygen atoms in total. The van der Waals surface area contributed by atoms with E-state index in [1.165, 1.54) is 0 Å². The van der Waals surface area contributed by atoms with Crippen molar-refractivity contribution >= 4 is 39.2 Å². The van der Waals surface area contributed by atoms with Crippen LogP contribution in [0.15, 0.2) is 59.2 Å². The van der Waals surface area contributed by atoms with E-state index < -0.39 is 5.41 Å². The van der Waals surface area contributed by atoms with Crippen LogP contribution in [0.25, 0.3) is 5.69 Å². The monoisotopic (exact) mass is 408 g/mol. The van der Waals surface area contributed by atoms with Gasteiger partial charge in [0.05, 0.1) is 11.9 Å². The number of rotatable bonds is 1. The predicted octanol–water partition coefficient (Wildman–Crippen LogP) is 3.22. The summed E-state index contributed by atoms with van der Waals surface area (Å²) in [6, 6.07) is 15.1. The van der Waals surface area contributed by atoms with Crippen molar-refractivity contribution in [3.8, 4) is 5.69 Å². The van der Waals surface area contributed by atoms with E-state index in [0.717, 1.165) is 21.4 Å². The maximum absolute atomic E-state index is 13.0. The highest BCUT2D eigenvalue weighted by Gasteiger charge is 2.54. The molecule has 0 unspecified atom stereocenters. The molecule has 7 heteroatoms. The molecule has 0 aliphatic carbocycles. The Bertz CT molecular complexity index is 1070. The molecule has 3 aromatic rings. The first-order valence-corrected chi connectivity index (χ1v) is 8.94. The van der Waals surface area contributed by atoms with Crippen molar-refractivity contribution in [1.29, 1.82) is 0 Å². The van der Waals surface area contributed by atoms with Crippen LogP contribution in [0, 0.1) is 0 Å². The van der Waals surface area contributed by atoms with E-state index in [9.17, 15) is 9.59 Å². The van der Waals surface area contributed by atoms with E-state index >= 15 is 0 Å². The quantitative estimate of drug-likeness (QED) is 0.648. The molecular weight excluding hydrogens is 396 g/mol. The number of hydrogen-bond acceptors (Lipinski definition) is 3. The Morgan fingerprint density at radius 1 is 1.00 bits per heavy atom. The zero-order chi connectivity index (χ0) is 17.9. The van der Waals surface area contributed by atoms with Crippen LogP contribution in [-0.4, -0.2) is 21.6 Å². The molecule has 0 bridgehead atoms. The van der Waals surface area contributed by atoms with Crippen LogP contribution >= 0.6 is 15.9 Å². The standard InChI is InChI=1S/C19H13BrN4O2/c20-11-5-7-12(8-6-11)24-17-14(10-21-24)19(9-16(25)23-17)13-3-1-2-4-15(13)22-18(19)26/h1-8,10H,9H2,(H,22,26)(H,23,25)/t19-/m1/s1. The Morgan fingerprint density at radius 3 is 2.58 bits per heavy atom. The van der Waals surface area contributed by atoms with Gasteiger partial charge in [-0.25, -0.2) is 4.68 Å². The van der Waals surface area contributed by atoms with Gasteiger partial charge in [0, 0.05) is 22.1 Å². The van der Waals surface area contributed by atoms with E-state index in [1.54, 1.807) is 10.9 Å². The molecule has 1 spiro atoms. The van der Waals surface area contributed by atoms with Crippen molar-refractivity contribution in [3.05, 3.63) is 70.3 Å². The Kier molecular flexibility index (Phi) is 3.12. The normalized spacial score (nSPS) is 20.5. The smallest absolute Gasteiger partial charge is 0.240 e. The highest BCUT2D eigenvalue weighted by atomic mass is 79.9. The van der Waals surface area contributed by atoms with E-state index in [0.29, 0.717) is 11.4 Å². The molecule has 2 amide bonds. The van der Waals surface area contributed by atoms with Gasteiger partial charge in [0.2, 0.25) is 11.8 Å². The van der Waals surface area contributed by atoms with Gasteiger partial charge in [0.15, 0.2) is 0 Å². The average Bonchev–Trinajstić information content (AvgIpc) is 3.16. The molecule has 1 atom stereocenters. The second-order valence-corrected chi connectivity index (χ2v) is 7.34. The number of aromatic nitrogens is 2. The maximum atomic E-state index is 13.0. The van der Waals surface area contributed by atoms with E-state index in [1.807, 2.05) is 48.5 Å². The van der Waals surface area contributed by atoms with Crippen molar-refractivity contribution in [3.63, 3.8) is 0 Å². The summed E-state index contributed by atoms with van der Waals surface area (Å²) in [4.78, 5) is 25.5. The first kappa shape index (κ1) is 15.3. The third-order valence-electron chi connectivity index (χ3n) is 5.01. The lowest BCUT2D eigenvalue weighted by Gasteiger charge is -2.31. The lowest BCUT2D eigenvalue weighted by Crippen LogP contribution is -2.43. The molecule has 26 heavy (non-hydrogen) atoms. The minimum Gasteiger partial charge on any atom is -0.325 e. The maximum Gasteiger partial charge on any atom is 0.240 e. The fraction of sp³-hybridized carbons (Fsp3) is 0.105. The summed E-state index contributed by atoms with van der Waals surface area (Å²) in [7, 11) is 0. The van der Waals surface area contributed by atoms with Crippen molar-refractivity contribution in [2.75, 3.05) is 10.6 Å². The van der Waals surface area contributed by atoms with Crippen LogP contribution in [0.1, 0.15) is 17.5 Å². The summed E-state index contributed by atoms with van der Waals surface area (Å²) in [6.07, 6.45) is 1.74. The number of halogens is 1. The number of fused-ring (bicyclic) bond motifs is 4. The number of amides is 2. The van der Waals surface area contributed by atoms with Gasteiger partial charge >= 0.3 is 0 Å². The number of carbonyl (C=O) groups excluding carboxylic acids is 2. The topological polar surface area (TPSA) is 76.0 Å². The van der Waals surface area contributed by atoms with E-state index in [2.05, 4.69) is 31.7 Å². The molecule has 0 radical (unpaired) electrons. The Labute approximate surface area is 157 Å². The van der Waals surface area contributed by atoms with Crippen molar-refractivity contribution in [2.24, 2.45) is 0 Å². The molecule has 0 saturated carbocycles. The number of hydrogen-bond donors (Lipinski definition) is 2. The van der Waals surface area contributed by atoms with Gasteiger partial charge in [-0.1, -0.05) is 34.1 Å². The minimum absolute atomic E-state index is 0.0644. The SMILES string of the molecule is O=C1C[C@]2(C(=O)Nc3ccccc32)c2cnn(-c3ccc(Br)cc3)c2N1. The van der Waals surface area contributed by atoms with Crippen LogP contribution in [0.3, 0.4) is 0 Å². The second-order valence-electron chi connectivity index (χ2n) is 6.43. The van der Waals surface area contributed by atoms with Crippen LogP contribution in [0.2, 0.25) is 0 Å². The Balaban J connectivity index is 1.75. The fourth-order valence-electron chi connectivity index (χ4n) is 3.83. The largest absolute Gasteiger partial charge is 0.325 e. The van der Waals surface area contributed by atoms with Crippen molar-refractivity contribution in [1.82, 2.24) is 9.78 Å². The van der Waals surface area contributed by atoms with Crippen molar-refractivity contribution < 1.29 is 9.59 Å². The number of nitrogens with zero attached hydrogens (tertiary/aromatic N) is 2. The molecule has 2 N–H and O–H groups in total. The van der Waals surface area contributed by atoms with Crippen LogP contribution < -0.4 is 10.6 Å². The van der Waals surface area contributed by atoms with Crippen LogP contribution in [0.4, 0.5) is 11.5 Å². The van der Waals surface area contributed by atoms with Gasteiger partial charge in [-0.2, -0.15) is 5.10 Å². The highest BCUT2D eigenvalue weighted by Crippen LogP contribution is 2.49. The average molecular weight is 409 g/mol. The van der Waals surface area contributed by atoms with E-state index in [-0.39, 0.29) is 18.2 Å². The first-order valence-electron chi connectivity index (χ1n) is 8.15. The molecule has 3 heterocycles. The fourth-order valence-corrected chi connectivity index (χ4v) is 4.09. The predicted molar refractivity (Wildman–Crippen MR) is 100 cm³/mol. The Morgan fingerprint density at radius 2 is 1.77 bits per heavy atom. The number of para-hydroxylation sites is 1. The molecule has 0 saturated heterocycles. The summed E-state index contributed by atoms with van der Waals surface area (Å²) >= 11 is 3.42.